The van der Waals surface area contributed by atoms with Crippen LogP contribution >= 0.6 is 0 Å². The van der Waals surface area contributed by atoms with Crippen LogP contribution < -0.4 is 10.1 Å². The van der Waals surface area contributed by atoms with E-state index in [0.717, 1.165) is 34.6 Å². The number of likely N-dealkylation sites (tertiary alicyclic amines) is 1. The summed E-state index contributed by atoms with van der Waals surface area (Å²) >= 11 is 0. The van der Waals surface area contributed by atoms with Crippen LogP contribution in [0.2, 0.25) is 0 Å². The molecule has 160 valence electrons. The smallest absolute Gasteiger partial charge is 0.260 e. The van der Waals surface area contributed by atoms with E-state index in [9.17, 15) is 18.4 Å². The van der Waals surface area contributed by atoms with Crippen LogP contribution in [0.1, 0.15) is 39.9 Å². The molecule has 2 amide bonds. The van der Waals surface area contributed by atoms with Gasteiger partial charge in [0.25, 0.3) is 11.8 Å². The topological polar surface area (TPSA) is 58.6 Å². The number of nitrogens with zero attached hydrogens (tertiary/aromatic N) is 1. The molecule has 3 rings (SSSR count). The van der Waals surface area contributed by atoms with Crippen molar-refractivity contribution in [3.63, 3.8) is 0 Å². The van der Waals surface area contributed by atoms with Crippen LogP contribution in [-0.2, 0) is 4.79 Å². The normalized spacial score (nSPS) is 14.5. The quantitative estimate of drug-likeness (QED) is 0.809. The Kier molecular flexibility index (Phi) is 6.70. The average Bonchev–Trinajstić information content (AvgIpc) is 2.71. The lowest BCUT2D eigenvalue weighted by Gasteiger charge is -2.32. The standard InChI is InChI=1S/C23H26F2N2O3/c1-14-4-5-15(2)22(16(14)3)30-13-21(28)27-10-8-18(9-11-27)26-23(29)19-7-6-17(24)12-20(19)25/h4-7,12,18H,8-11,13H2,1-3H3,(H,26,29). The third-order valence-corrected chi connectivity index (χ3v) is 5.57. The molecule has 0 saturated carbocycles. The molecule has 0 spiro atoms. The first-order valence-corrected chi connectivity index (χ1v) is 9.99. The highest BCUT2D eigenvalue weighted by atomic mass is 19.1. The summed E-state index contributed by atoms with van der Waals surface area (Å²) in [5.74, 6) is -1.56. The van der Waals surface area contributed by atoms with Crippen molar-refractivity contribution in [1.29, 1.82) is 0 Å². The highest BCUT2D eigenvalue weighted by Gasteiger charge is 2.25. The van der Waals surface area contributed by atoms with E-state index in [0.29, 0.717) is 32.0 Å². The molecule has 1 aliphatic rings. The molecule has 5 nitrogen and oxygen atoms in total. The average molecular weight is 416 g/mol. The number of carbonyl (C=O) groups excluding carboxylic acids is 2. The number of carbonyl (C=O) groups is 2. The third-order valence-electron chi connectivity index (χ3n) is 5.57. The maximum absolute atomic E-state index is 13.8. The Morgan fingerprint density at radius 2 is 1.73 bits per heavy atom. The fourth-order valence-electron chi connectivity index (χ4n) is 3.58. The fraction of sp³-hybridized carbons (Fsp3) is 0.391. The Morgan fingerprint density at radius 3 is 2.40 bits per heavy atom. The first-order chi connectivity index (χ1) is 14.3. The number of benzene rings is 2. The van der Waals surface area contributed by atoms with Crippen LogP contribution in [-0.4, -0.2) is 42.5 Å². The number of aryl methyl sites for hydroxylation is 2. The van der Waals surface area contributed by atoms with Crippen molar-refractivity contribution in [2.75, 3.05) is 19.7 Å². The summed E-state index contributed by atoms with van der Waals surface area (Å²) in [6.07, 6.45) is 1.12. The van der Waals surface area contributed by atoms with Gasteiger partial charge in [0.1, 0.15) is 17.4 Å². The number of ether oxygens (including phenoxy) is 1. The van der Waals surface area contributed by atoms with Crippen molar-refractivity contribution in [2.24, 2.45) is 0 Å². The zero-order valence-corrected chi connectivity index (χ0v) is 17.4. The molecular formula is C23H26F2N2O3. The summed E-state index contributed by atoms with van der Waals surface area (Å²) in [6.45, 7) is 6.84. The van der Waals surface area contributed by atoms with Crippen molar-refractivity contribution in [1.82, 2.24) is 10.2 Å². The minimum Gasteiger partial charge on any atom is -0.483 e. The van der Waals surface area contributed by atoms with Crippen molar-refractivity contribution < 1.29 is 23.1 Å². The zero-order chi connectivity index (χ0) is 21.8. The lowest BCUT2D eigenvalue weighted by atomic mass is 10.0. The summed E-state index contributed by atoms with van der Waals surface area (Å²) in [7, 11) is 0. The van der Waals surface area contributed by atoms with E-state index in [2.05, 4.69) is 5.32 Å². The largest absolute Gasteiger partial charge is 0.483 e. The Bertz CT molecular complexity index is 954. The summed E-state index contributed by atoms with van der Waals surface area (Å²) in [5, 5.41) is 2.76. The highest BCUT2D eigenvalue weighted by Crippen LogP contribution is 2.26. The molecule has 0 atom stereocenters. The van der Waals surface area contributed by atoms with Gasteiger partial charge in [-0.25, -0.2) is 8.78 Å². The molecule has 1 heterocycles. The molecule has 1 fully saturated rings. The van der Waals surface area contributed by atoms with Gasteiger partial charge in [-0.1, -0.05) is 12.1 Å². The third kappa shape index (κ3) is 4.96. The van der Waals surface area contributed by atoms with Crippen LogP contribution in [0.5, 0.6) is 5.75 Å². The Morgan fingerprint density at radius 1 is 1.07 bits per heavy atom. The molecule has 1 N–H and O–H groups in total. The Balaban J connectivity index is 1.50. The molecule has 1 saturated heterocycles. The summed E-state index contributed by atoms with van der Waals surface area (Å²) < 4.78 is 32.6. The molecular weight excluding hydrogens is 390 g/mol. The molecule has 30 heavy (non-hydrogen) atoms. The van der Waals surface area contributed by atoms with Gasteiger partial charge in [0.15, 0.2) is 6.61 Å². The van der Waals surface area contributed by atoms with E-state index in [-0.39, 0.29) is 24.1 Å². The second-order valence-corrected chi connectivity index (χ2v) is 7.69. The van der Waals surface area contributed by atoms with Gasteiger partial charge >= 0.3 is 0 Å². The minimum absolute atomic E-state index is 0.0387. The van der Waals surface area contributed by atoms with Gasteiger partial charge in [0, 0.05) is 25.2 Å². The van der Waals surface area contributed by atoms with Gasteiger partial charge in [-0.2, -0.15) is 0 Å². The summed E-state index contributed by atoms with van der Waals surface area (Å²) in [4.78, 5) is 26.5. The molecule has 2 aromatic rings. The number of amides is 2. The molecule has 0 radical (unpaired) electrons. The maximum atomic E-state index is 13.8. The molecule has 0 aliphatic carbocycles. The molecule has 0 unspecified atom stereocenters. The van der Waals surface area contributed by atoms with Crippen molar-refractivity contribution in [3.8, 4) is 5.75 Å². The summed E-state index contributed by atoms with van der Waals surface area (Å²) in [6, 6.07) is 6.69. The van der Waals surface area contributed by atoms with E-state index >= 15 is 0 Å². The molecule has 1 aliphatic heterocycles. The SMILES string of the molecule is Cc1ccc(C)c(OCC(=O)N2CCC(NC(=O)c3ccc(F)cc3F)CC2)c1C. The van der Waals surface area contributed by atoms with E-state index in [1.165, 1.54) is 0 Å². The first kappa shape index (κ1) is 21.7. The van der Waals surface area contributed by atoms with E-state index < -0.39 is 17.5 Å². The molecule has 7 heteroatoms. The summed E-state index contributed by atoms with van der Waals surface area (Å²) in [5.41, 5.74) is 2.93. The second kappa shape index (κ2) is 9.24. The number of nitrogens with one attached hydrogen (secondary N) is 1. The van der Waals surface area contributed by atoms with Crippen molar-refractivity contribution in [3.05, 3.63) is 64.2 Å². The van der Waals surface area contributed by atoms with Crippen molar-refractivity contribution in [2.45, 2.75) is 39.7 Å². The van der Waals surface area contributed by atoms with E-state index in [1.807, 2.05) is 32.9 Å². The lowest BCUT2D eigenvalue weighted by molar-refractivity contribution is -0.134. The van der Waals surface area contributed by atoms with Gasteiger partial charge < -0.3 is 15.0 Å². The number of hydrogen-bond donors (Lipinski definition) is 1. The minimum atomic E-state index is -0.890. The lowest BCUT2D eigenvalue weighted by Crippen LogP contribution is -2.47. The van der Waals surface area contributed by atoms with Crippen LogP contribution in [0.25, 0.3) is 0 Å². The van der Waals surface area contributed by atoms with Crippen LogP contribution in [0.4, 0.5) is 8.78 Å². The van der Waals surface area contributed by atoms with Crippen molar-refractivity contribution >= 4 is 11.8 Å². The monoisotopic (exact) mass is 416 g/mol. The highest BCUT2D eigenvalue weighted by molar-refractivity contribution is 5.94. The molecule has 0 bridgehead atoms. The molecule has 2 aromatic carbocycles. The van der Waals surface area contributed by atoms with Gasteiger partial charge in [0.2, 0.25) is 0 Å². The van der Waals surface area contributed by atoms with E-state index in [1.54, 1.807) is 4.90 Å². The van der Waals surface area contributed by atoms with Crippen LogP contribution in [0.3, 0.4) is 0 Å². The van der Waals surface area contributed by atoms with E-state index in [4.69, 9.17) is 4.74 Å². The van der Waals surface area contributed by atoms with Gasteiger partial charge in [-0.05, 0) is 62.4 Å². The number of piperidine rings is 1. The molecule has 0 aromatic heterocycles. The Labute approximate surface area is 175 Å². The van der Waals surface area contributed by atoms with Gasteiger partial charge in [-0.3, -0.25) is 9.59 Å². The Hall–Kier alpha value is -2.96. The number of hydrogen-bond acceptors (Lipinski definition) is 3. The fourth-order valence-corrected chi connectivity index (χ4v) is 3.58. The van der Waals surface area contributed by atoms with Gasteiger partial charge in [0.05, 0.1) is 5.56 Å². The first-order valence-electron chi connectivity index (χ1n) is 9.99. The second-order valence-electron chi connectivity index (χ2n) is 7.69. The number of rotatable bonds is 5. The van der Waals surface area contributed by atoms with Crippen LogP contribution in [0.15, 0.2) is 30.3 Å². The predicted molar refractivity (Wildman–Crippen MR) is 110 cm³/mol. The predicted octanol–water partition coefficient (Wildman–Crippen LogP) is 3.69. The van der Waals surface area contributed by atoms with Crippen LogP contribution in [0, 0.1) is 32.4 Å². The zero-order valence-electron chi connectivity index (χ0n) is 17.4. The maximum Gasteiger partial charge on any atom is 0.260 e. The van der Waals surface area contributed by atoms with Gasteiger partial charge in [-0.15, -0.1) is 0 Å². The number of halogens is 2.